The van der Waals surface area contributed by atoms with Gasteiger partial charge in [-0.3, -0.25) is 19.9 Å². The van der Waals surface area contributed by atoms with Crippen molar-refractivity contribution in [1.29, 1.82) is 0 Å². The van der Waals surface area contributed by atoms with E-state index in [9.17, 15) is 14.9 Å². The summed E-state index contributed by atoms with van der Waals surface area (Å²) in [6.07, 6.45) is 2.46. The summed E-state index contributed by atoms with van der Waals surface area (Å²) in [6, 6.07) is 10.7. The number of amides is 1. The first kappa shape index (κ1) is 22.5. The van der Waals surface area contributed by atoms with Crippen LogP contribution in [-0.2, 0) is 4.74 Å². The van der Waals surface area contributed by atoms with Crippen LogP contribution in [0.5, 0.6) is 0 Å². The first-order valence-corrected chi connectivity index (χ1v) is 10.9. The lowest BCUT2D eigenvalue weighted by Crippen LogP contribution is -2.28. The maximum Gasteiger partial charge on any atom is 0.294 e. The normalized spacial score (nSPS) is 11.8. The van der Waals surface area contributed by atoms with Crippen molar-refractivity contribution in [2.75, 3.05) is 13.7 Å². The van der Waals surface area contributed by atoms with Crippen molar-refractivity contribution in [2.24, 2.45) is 0 Å². The summed E-state index contributed by atoms with van der Waals surface area (Å²) in [6.45, 7) is 0.218. The molecule has 3 aromatic rings. The standard InChI is InChI=1S/C19H15Cl2N3O4S2/c1-28-15(11-5-3-2-4-6-11)10-23-18(25)16-7-14(24(26)27)19(29-16)30-17-12(20)8-22-9-13(17)21/h2-9,15H,10H2,1H3,(H,23,25). The lowest BCUT2D eigenvalue weighted by atomic mass is 10.1. The fraction of sp³-hybridized carbons (Fsp3) is 0.158. The van der Waals surface area contributed by atoms with Gasteiger partial charge in [0.15, 0.2) is 0 Å². The van der Waals surface area contributed by atoms with E-state index in [1.807, 2.05) is 30.3 Å². The molecule has 2 heterocycles. The number of hydrogen-bond donors (Lipinski definition) is 1. The molecular weight excluding hydrogens is 469 g/mol. The average Bonchev–Trinajstić information content (AvgIpc) is 3.16. The van der Waals surface area contributed by atoms with Crippen LogP contribution >= 0.6 is 46.3 Å². The van der Waals surface area contributed by atoms with Crippen molar-refractivity contribution in [3.05, 3.63) is 79.4 Å². The Bertz CT molecular complexity index is 1040. The third-order valence-electron chi connectivity index (χ3n) is 4.01. The molecular formula is C19H15Cl2N3O4S2. The molecule has 0 saturated carbocycles. The zero-order chi connectivity index (χ0) is 21.7. The number of pyridine rings is 1. The largest absolute Gasteiger partial charge is 0.375 e. The third kappa shape index (κ3) is 5.30. The van der Waals surface area contributed by atoms with E-state index in [4.69, 9.17) is 27.9 Å². The number of nitrogens with one attached hydrogen (secondary N) is 1. The summed E-state index contributed by atoms with van der Waals surface area (Å²) in [5, 5.41) is 14.8. The van der Waals surface area contributed by atoms with Crippen molar-refractivity contribution in [3.8, 4) is 0 Å². The number of methoxy groups -OCH3 is 1. The number of nitrogens with zero attached hydrogens (tertiary/aromatic N) is 2. The molecule has 156 valence electrons. The first-order valence-electron chi connectivity index (χ1n) is 8.51. The van der Waals surface area contributed by atoms with Gasteiger partial charge in [0.25, 0.3) is 11.6 Å². The Morgan fingerprint density at radius 2 is 1.97 bits per heavy atom. The second-order valence-corrected chi connectivity index (χ2v) is 9.07. The number of hydrogen-bond acceptors (Lipinski definition) is 7. The van der Waals surface area contributed by atoms with E-state index < -0.39 is 10.8 Å². The zero-order valence-electron chi connectivity index (χ0n) is 15.5. The average molecular weight is 484 g/mol. The molecule has 2 aromatic heterocycles. The number of aromatic nitrogens is 1. The number of benzene rings is 1. The lowest BCUT2D eigenvalue weighted by molar-refractivity contribution is -0.387. The molecule has 0 saturated heterocycles. The van der Waals surface area contributed by atoms with Crippen LogP contribution in [-0.4, -0.2) is 29.5 Å². The maximum atomic E-state index is 12.6. The highest BCUT2D eigenvalue weighted by Gasteiger charge is 2.25. The Labute approximate surface area is 190 Å². The van der Waals surface area contributed by atoms with Gasteiger partial charge in [0.1, 0.15) is 9.09 Å². The number of thiophene rings is 1. The summed E-state index contributed by atoms with van der Waals surface area (Å²) in [5.74, 6) is -0.431. The Hall–Kier alpha value is -2.17. The molecule has 0 aliphatic carbocycles. The van der Waals surface area contributed by atoms with Crippen molar-refractivity contribution < 1.29 is 14.5 Å². The summed E-state index contributed by atoms with van der Waals surface area (Å²) in [7, 11) is 1.55. The third-order valence-corrected chi connectivity index (χ3v) is 7.26. The van der Waals surface area contributed by atoms with Crippen LogP contribution in [0.15, 0.2) is 57.9 Å². The van der Waals surface area contributed by atoms with E-state index in [1.165, 1.54) is 18.5 Å². The molecule has 0 aliphatic heterocycles. The maximum absolute atomic E-state index is 12.6. The molecule has 1 amide bonds. The molecule has 1 unspecified atom stereocenters. The van der Waals surface area contributed by atoms with Gasteiger partial charge in [-0.2, -0.15) is 0 Å². The van der Waals surface area contributed by atoms with Gasteiger partial charge in [-0.05, 0) is 5.56 Å². The van der Waals surface area contributed by atoms with Crippen LogP contribution in [0.3, 0.4) is 0 Å². The summed E-state index contributed by atoms with van der Waals surface area (Å²) >= 11 is 14.2. The van der Waals surface area contributed by atoms with E-state index in [0.29, 0.717) is 9.10 Å². The van der Waals surface area contributed by atoms with Gasteiger partial charge in [0, 0.05) is 32.1 Å². The fourth-order valence-electron chi connectivity index (χ4n) is 2.54. The number of carbonyl (C=O) groups is 1. The smallest absolute Gasteiger partial charge is 0.294 e. The molecule has 3 rings (SSSR count). The van der Waals surface area contributed by atoms with Gasteiger partial charge in [-0.15, -0.1) is 11.3 Å². The highest BCUT2D eigenvalue weighted by Crippen LogP contribution is 2.45. The second kappa shape index (κ2) is 10.2. The highest BCUT2D eigenvalue weighted by atomic mass is 35.5. The van der Waals surface area contributed by atoms with Gasteiger partial charge < -0.3 is 10.1 Å². The van der Waals surface area contributed by atoms with Gasteiger partial charge in [0.05, 0.1) is 26.0 Å². The predicted molar refractivity (Wildman–Crippen MR) is 118 cm³/mol. The van der Waals surface area contributed by atoms with Gasteiger partial charge in [0.2, 0.25) is 0 Å². The van der Waals surface area contributed by atoms with E-state index >= 15 is 0 Å². The second-order valence-electron chi connectivity index (χ2n) is 5.92. The van der Waals surface area contributed by atoms with Crippen LogP contribution < -0.4 is 5.32 Å². The lowest BCUT2D eigenvalue weighted by Gasteiger charge is -2.16. The Morgan fingerprint density at radius 1 is 1.30 bits per heavy atom. The number of nitro groups is 1. The van der Waals surface area contributed by atoms with Gasteiger partial charge in [-0.25, -0.2) is 0 Å². The molecule has 0 bridgehead atoms. The van der Waals surface area contributed by atoms with Crippen LogP contribution in [0.2, 0.25) is 10.0 Å². The molecule has 0 aliphatic rings. The molecule has 1 N–H and O–H groups in total. The van der Waals surface area contributed by atoms with E-state index in [0.717, 1.165) is 28.7 Å². The summed E-state index contributed by atoms with van der Waals surface area (Å²) in [4.78, 5) is 28.1. The van der Waals surface area contributed by atoms with Crippen molar-refractivity contribution >= 4 is 57.9 Å². The number of halogens is 2. The van der Waals surface area contributed by atoms with Crippen LogP contribution in [0.1, 0.15) is 21.3 Å². The Kier molecular flexibility index (Phi) is 7.68. The quantitative estimate of drug-likeness (QED) is 0.329. The molecule has 0 radical (unpaired) electrons. The Balaban J connectivity index is 1.78. The molecule has 7 nitrogen and oxygen atoms in total. The van der Waals surface area contributed by atoms with Crippen molar-refractivity contribution in [2.45, 2.75) is 15.2 Å². The minimum atomic E-state index is -0.541. The van der Waals surface area contributed by atoms with Crippen LogP contribution in [0, 0.1) is 10.1 Å². The summed E-state index contributed by atoms with van der Waals surface area (Å²) in [5.41, 5.74) is 0.723. The van der Waals surface area contributed by atoms with Gasteiger partial charge in [-0.1, -0.05) is 65.3 Å². The number of ether oxygens (including phenoxy) is 1. The minimum absolute atomic E-state index is 0.189. The number of carbonyl (C=O) groups excluding carboxylic acids is 1. The highest BCUT2D eigenvalue weighted by molar-refractivity contribution is 8.01. The van der Waals surface area contributed by atoms with Crippen LogP contribution in [0.4, 0.5) is 5.69 Å². The number of rotatable bonds is 8. The molecule has 0 spiro atoms. The topological polar surface area (TPSA) is 94.4 Å². The molecule has 1 atom stereocenters. The monoisotopic (exact) mass is 483 g/mol. The summed E-state index contributed by atoms with van der Waals surface area (Å²) < 4.78 is 5.73. The molecule has 11 heteroatoms. The SMILES string of the molecule is COC(CNC(=O)c1cc([N+](=O)[O-])c(Sc2c(Cl)cncc2Cl)s1)c1ccccc1. The van der Waals surface area contributed by atoms with Crippen LogP contribution in [0.25, 0.3) is 0 Å². The molecule has 0 fully saturated rings. The van der Waals surface area contributed by atoms with E-state index in [-0.39, 0.29) is 33.3 Å². The van der Waals surface area contributed by atoms with E-state index in [1.54, 1.807) is 7.11 Å². The Morgan fingerprint density at radius 3 is 2.57 bits per heavy atom. The minimum Gasteiger partial charge on any atom is -0.375 e. The van der Waals surface area contributed by atoms with Crippen molar-refractivity contribution in [1.82, 2.24) is 10.3 Å². The molecule has 30 heavy (non-hydrogen) atoms. The molecule has 1 aromatic carbocycles. The zero-order valence-corrected chi connectivity index (χ0v) is 18.6. The first-order chi connectivity index (χ1) is 14.4. The van der Waals surface area contributed by atoms with Crippen molar-refractivity contribution in [3.63, 3.8) is 0 Å². The predicted octanol–water partition coefficient (Wildman–Crippen LogP) is 5.63. The fourth-order valence-corrected chi connectivity index (χ4v) is 5.32. The van der Waals surface area contributed by atoms with E-state index in [2.05, 4.69) is 10.3 Å². The van der Waals surface area contributed by atoms with Gasteiger partial charge >= 0.3 is 0 Å².